The van der Waals surface area contributed by atoms with Crippen LogP contribution >= 0.6 is 0 Å². The average molecular weight is 449 g/mol. The van der Waals surface area contributed by atoms with Gasteiger partial charge in [-0.05, 0) is 53.1 Å². The van der Waals surface area contributed by atoms with Crippen molar-refractivity contribution in [3.8, 4) is 5.69 Å². The zero-order chi connectivity index (χ0) is 23.2. The monoisotopic (exact) mass is 448 g/mol. The van der Waals surface area contributed by atoms with E-state index < -0.39 is 0 Å². The number of hydrogen-bond donors (Lipinski definition) is 0. The number of para-hydroxylation sites is 2. The summed E-state index contributed by atoms with van der Waals surface area (Å²) in [6.45, 7) is 0. The minimum absolute atomic E-state index is 0.914. The summed E-state index contributed by atoms with van der Waals surface area (Å²) >= 11 is 0. The van der Waals surface area contributed by atoms with E-state index in [9.17, 15) is 0 Å². The lowest BCUT2D eigenvalue weighted by Crippen LogP contribution is -2.04. The number of fused-ring (bicyclic) bond motifs is 5. The van der Waals surface area contributed by atoms with Crippen LogP contribution in [0.5, 0.6) is 0 Å². The Morgan fingerprint density at radius 1 is 0.486 bits per heavy atom. The van der Waals surface area contributed by atoms with Gasteiger partial charge in [-0.2, -0.15) is 0 Å². The van der Waals surface area contributed by atoms with Crippen LogP contribution in [-0.4, -0.2) is 4.57 Å². The summed E-state index contributed by atoms with van der Waals surface area (Å²) in [4.78, 5) is 0. The predicted molar refractivity (Wildman–Crippen MR) is 144 cm³/mol. The van der Waals surface area contributed by atoms with Gasteiger partial charge in [-0.15, -0.1) is 0 Å². The van der Waals surface area contributed by atoms with Gasteiger partial charge in [0.2, 0.25) is 0 Å². The molecule has 0 aliphatic carbocycles. The molecule has 0 saturated carbocycles. The molecule has 7 aromatic rings. The van der Waals surface area contributed by atoms with Crippen molar-refractivity contribution in [1.82, 2.24) is 4.57 Å². The van der Waals surface area contributed by atoms with Crippen molar-refractivity contribution in [2.45, 2.75) is 0 Å². The Kier molecular flexibility index (Phi) is 4.56. The normalized spacial score (nSPS) is 11.7. The van der Waals surface area contributed by atoms with Crippen LogP contribution in [0.25, 0.3) is 38.7 Å². The van der Waals surface area contributed by atoms with Crippen molar-refractivity contribution in [1.29, 1.82) is 0 Å². The Morgan fingerprint density at radius 3 is 1.71 bits per heavy atom. The van der Waals surface area contributed by atoms with Gasteiger partial charge in [-0.1, -0.05) is 97.1 Å². The molecular formula is C33H22NO. The van der Waals surface area contributed by atoms with Gasteiger partial charge in [0.15, 0.2) is 5.58 Å². The highest BCUT2D eigenvalue weighted by Gasteiger charge is 2.20. The van der Waals surface area contributed by atoms with E-state index in [1.165, 1.54) is 22.6 Å². The minimum Gasteiger partial charge on any atom is -0.454 e. The molecule has 2 aromatic heterocycles. The fourth-order valence-electron chi connectivity index (χ4n) is 5.17. The highest BCUT2D eigenvalue weighted by molar-refractivity contribution is 6.16. The van der Waals surface area contributed by atoms with Gasteiger partial charge in [0.25, 0.3) is 0 Å². The summed E-state index contributed by atoms with van der Waals surface area (Å²) in [5, 5.41) is 2.26. The van der Waals surface area contributed by atoms with Crippen LogP contribution in [0.2, 0.25) is 0 Å². The molecule has 0 amide bonds. The van der Waals surface area contributed by atoms with Crippen molar-refractivity contribution in [3.63, 3.8) is 0 Å². The molecule has 5 aromatic carbocycles. The quantitative estimate of drug-likeness (QED) is 0.247. The molecule has 2 nitrogen and oxygen atoms in total. The van der Waals surface area contributed by atoms with Crippen molar-refractivity contribution in [2.75, 3.05) is 0 Å². The second kappa shape index (κ2) is 8.03. The third-order valence-electron chi connectivity index (χ3n) is 6.72. The first-order valence-corrected chi connectivity index (χ1v) is 11.9. The molecule has 0 bridgehead atoms. The number of rotatable bonds is 4. The second-order valence-electron chi connectivity index (χ2n) is 8.78. The Labute approximate surface area is 203 Å². The van der Waals surface area contributed by atoms with Gasteiger partial charge in [0, 0.05) is 16.5 Å². The number of hydrogen-bond acceptors (Lipinski definition) is 1. The summed E-state index contributed by atoms with van der Waals surface area (Å²) in [7, 11) is 0. The molecule has 165 valence electrons. The fraction of sp³-hybridized carbons (Fsp3) is 0. The zero-order valence-electron chi connectivity index (χ0n) is 19.1. The molecule has 35 heavy (non-hydrogen) atoms. The first-order chi connectivity index (χ1) is 17.4. The molecule has 0 atom stereocenters. The lowest BCUT2D eigenvalue weighted by atomic mass is 9.85. The van der Waals surface area contributed by atoms with Gasteiger partial charge in [-0.25, -0.2) is 0 Å². The molecule has 2 heterocycles. The molecule has 1 radical (unpaired) electrons. The molecule has 0 spiro atoms. The van der Waals surface area contributed by atoms with Crippen molar-refractivity contribution >= 4 is 33.0 Å². The average Bonchev–Trinajstić information content (AvgIpc) is 3.46. The van der Waals surface area contributed by atoms with Crippen LogP contribution < -0.4 is 0 Å². The molecule has 0 aliphatic rings. The Balaban J connectivity index is 1.42. The summed E-state index contributed by atoms with van der Waals surface area (Å²) in [5.41, 5.74) is 8.84. The number of furan rings is 1. The summed E-state index contributed by atoms with van der Waals surface area (Å²) in [6, 6.07) is 46.9. The maximum atomic E-state index is 6.32. The summed E-state index contributed by atoms with van der Waals surface area (Å²) in [5.74, 6) is 1.23. The van der Waals surface area contributed by atoms with E-state index in [2.05, 4.69) is 126 Å². The highest BCUT2D eigenvalue weighted by Crippen LogP contribution is 2.39. The highest BCUT2D eigenvalue weighted by atomic mass is 16.3. The molecule has 0 fully saturated rings. The van der Waals surface area contributed by atoms with Crippen molar-refractivity contribution in [2.24, 2.45) is 0 Å². The molecule has 0 unspecified atom stereocenters. The van der Waals surface area contributed by atoms with E-state index in [4.69, 9.17) is 4.42 Å². The van der Waals surface area contributed by atoms with Crippen LogP contribution in [0.1, 0.15) is 16.7 Å². The third-order valence-corrected chi connectivity index (χ3v) is 6.72. The SMILES string of the molecule is c1ccc([C](c2ccccc2)c2ccc(-n3c4ccccc4c4oc5ccccc5c43)cc2)cc1. The number of nitrogens with zero attached hydrogens (tertiary/aromatic N) is 1. The van der Waals surface area contributed by atoms with E-state index in [-0.39, 0.29) is 0 Å². The van der Waals surface area contributed by atoms with Gasteiger partial charge in [-0.3, -0.25) is 0 Å². The van der Waals surface area contributed by atoms with Gasteiger partial charge in [0.05, 0.1) is 11.4 Å². The van der Waals surface area contributed by atoms with E-state index in [1.807, 2.05) is 12.1 Å². The Morgan fingerprint density at radius 2 is 1.03 bits per heavy atom. The van der Waals surface area contributed by atoms with E-state index in [0.717, 1.165) is 38.7 Å². The van der Waals surface area contributed by atoms with E-state index >= 15 is 0 Å². The Hall–Kier alpha value is -4.56. The van der Waals surface area contributed by atoms with Crippen LogP contribution in [0.15, 0.2) is 138 Å². The van der Waals surface area contributed by atoms with Gasteiger partial charge < -0.3 is 8.98 Å². The maximum Gasteiger partial charge on any atom is 0.161 e. The lowest BCUT2D eigenvalue weighted by Gasteiger charge is -2.18. The van der Waals surface area contributed by atoms with Crippen molar-refractivity contribution < 1.29 is 4.42 Å². The van der Waals surface area contributed by atoms with Crippen LogP contribution in [0.3, 0.4) is 0 Å². The molecule has 2 heteroatoms. The first-order valence-electron chi connectivity index (χ1n) is 11.9. The van der Waals surface area contributed by atoms with E-state index in [0.29, 0.717) is 0 Å². The third kappa shape index (κ3) is 3.18. The zero-order valence-corrected chi connectivity index (χ0v) is 19.1. The van der Waals surface area contributed by atoms with Crippen LogP contribution in [0.4, 0.5) is 0 Å². The summed E-state index contributed by atoms with van der Waals surface area (Å²) < 4.78 is 8.64. The molecule has 0 saturated heterocycles. The molecule has 0 aliphatic heterocycles. The standard InChI is InChI=1S/C33H22NO/c1-3-11-23(12-4-1)31(24-13-5-2-6-14-24)25-19-21-26(22-20-25)34-29-17-9-7-15-27(29)33-32(34)28-16-8-10-18-30(28)35-33/h1-22H. The van der Waals surface area contributed by atoms with Crippen molar-refractivity contribution in [3.05, 3.63) is 156 Å². The summed E-state index contributed by atoms with van der Waals surface area (Å²) in [6.07, 6.45) is 0. The largest absolute Gasteiger partial charge is 0.454 e. The predicted octanol–water partition coefficient (Wildman–Crippen LogP) is 8.55. The van der Waals surface area contributed by atoms with Gasteiger partial charge in [0.1, 0.15) is 11.1 Å². The minimum atomic E-state index is 0.914. The number of benzene rings is 5. The van der Waals surface area contributed by atoms with E-state index in [1.54, 1.807) is 0 Å². The maximum absolute atomic E-state index is 6.32. The van der Waals surface area contributed by atoms with Gasteiger partial charge >= 0.3 is 0 Å². The first kappa shape index (κ1) is 19.9. The smallest absolute Gasteiger partial charge is 0.161 e. The molecular weight excluding hydrogens is 426 g/mol. The fourth-order valence-corrected chi connectivity index (χ4v) is 5.17. The second-order valence-corrected chi connectivity index (χ2v) is 8.78. The number of aromatic nitrogens is 1. The molecule has 7 rings (SSSR count). The topological polar surface area (TPSA) is 18.1 Å². The Bertz CT molecular complexity index is 1730. The van der Waals surface area contributed by atoms with Crippen LogP contribution in [-0.2, 0) is 0 Å². The molecule has 0 N–H and O–H groups in total. The lowest BCUT2D eigenvalue weighted by molar-refractivity contribution is 0.673. The van der Waals surface area contributed by atoms with Crippen LogP contribution in [0, 0.1) is 5.92 Å².